The molecule has 2 aromatic heterocycles. The highest BCUT2D eigenvalue weighted by Crippen LogP contribution is 2.32. The van der Waals surface area contributed by atoms with Gasteiger partial charge in [0.25, 0.3) is 5.78 Å². The molecule has 5 nitrogen and oxygen atoms in total. The molecule has 7 heteroatoms. The van der Waals surface area contributed by atoms with E-state index in [0.29, 0.717) is 22.9 Å². The van der Waals surface area contributed by atoms with Crippen LogP contribution in [0.4, 0.5) is 0 Å². The van der Waals surface area contributed by atoms with E-state index in [4.69, 9.17) is 11.6 Å². The standard InChI is InChI=1S/C22H17ClN4OS/c23-17-8-6-14(7-9-17)13-29-22-25-21-24-19-10-16(15-4-2-1-3-5-15)11-20(28)18(19)12-27(21)26-22/h1-9,12,16H,10-11,13H2. The number of hydrogen-bond acceptors (Lipinski definition) is 5. The summed E-state index contributed by atoms with van der Waals surface area (Å²) in [6.45, 7) is 0. The Balaban J connectivity index is 1.40. The van der Waals surface area contributed by atoms with Crippen LogP contribution >= 0.6 is 23.4 Å². The maximum absolute atomic E-state index is 12.7. The zero-order valence-electron chi connectivity index (χ0n) is 15.5. The molecule has 0 spiro atoms. The second-order valence-electron chi connectivity index (χ2n) is 7.09. The van der Waals surface area contributed by atoms with Crippen LogP contribution in [0.1, 0.15) is 39.5 Å². The molecule has 1 unspecified atom stereocenters. The van der Waals surface area contributed by atoms with Crippen molar-refractivity contribution in [1.82, 2.24) is 19.6 Å². The van der Waals surface area contributed by atoms with E-state index in [1.54, 1.807) is 10.7 Å². The van der Waals surface area contributed by atoms with Crippen molar-refractivity contribution in [1.29, 1.82) is 0 Å². The van der Waals surface area contributed by atoms with Crippen LogP contribution in [0.5, 0.6) is 0 Å². The molecule has 0 fully saturated rings. The second-order valence-corrected chi connectivity index (χ2v) is 8.47. The fourth-order valence-electron chi connectivity index (χ4n) is 3.61. The zero-order chi connectivity index (χ0) is 19.8. The third-order valence-corrected chi connectivity index (χ3v) is 6.28. The lowest BCUT2D eigenvalue weighted by atomic mass is 9.82. The van der Waals surface area contributed by atoms with Crippen molar-refractivity contribution >= 4 is 34.9 Å². The van der Waals surface area contributed by atoms with Gasteiger partial charge >= 0.3 is 0 Å². The van der Waals surface area contributed by atoms with Gasteiger partial charge in [-0.3, -0.25) is 4.79 Å². The number of fused-ring (bicyclic) bond motifs is 2. The van der Waals surface area contributed by atoms with Crippen molar-refractivity contribution in [3.05, 3.63) is 88.2 Å². The minimum absolute atomic E-state index is 0.111. The smallest absolute Gasteiger partial charge is 0.253 e. The molecule has 0 saturated carbocycles. The van der Waals surface area contributed by atoms with Gasteiger partial charge < -0.3 is 0 Å². The van der Waals surface area contributed by atoms with Crippen LogP contribution in [-0.2, 0) is 12.2 Å². The molecular weight excluding hydrogens is 404 g/mol. The molecule has 0 bridgehead atoms. The molecule has 0 saturated heterocycles. The van der Waals surface area contributed by atoms with Crippen molar-refractivity contribution in [2.24, 2.45) is 0 Å². The van der Waals surface area contributed by atoms with Gasteiger partial charge in [-0.2, -0.15) is 4.98 Å². The first-order chi connectivity index (χ1) is 14.2. The number of carbonyl (C=O) groups is 1. The predicted molar refractivity (Wildman–Crippen MR) is 114 cm³/mol. The third kappa shape index (κ3) is 3.78. The topological polar surface area (TPSA) is 60.2 Å². The van der Waals surface area contributed by atoms with E-state index in [0.717, 1.165) is 28.5 Å². The summed E-state index contributed by atoms with van der Waals surface area (Å²) in [5.41, 5.74) is 3.79. The number of nitrogens with zero attached hydrogens (tertiary/aromatic N) is 4. The van der Waals surface area contributed by atoms with Crippen LogP contribution in [0.2, 0.25) is 5.02 Å². The number of rotatable bonds is 4. The predicted octanol–water partition coefficient (Wildman–Crippen LogP) is 4.98. The van der Waals surface area contributed by atoms with Crippen LogP contribution < -0.4 is 0 Å². The van der Waals surface area contributed by atoms with Gasteiger partial charge in [-0.05, 0) is 35.6 Å². The Hall–Kier alpha value is -2.70. The lowest BCUT2D eigenvalue weighted by Gasteiger charge is -2.22. The lowest BCUT2D eigenvalue weighted by molar-refractivity contribution is 0.0962. The fourth-order valence-corrected chi connectivity index (χ4v) is 4.52. The molecule has 29 heavy (non-hydrogen) atoms. The summed E-state index contributed by atoms with van der Waals surface area (Å²) in [7, 11) is 0. The first kappa shape index (κ1) is 18.3. The van der Waals surface area contributed by atoms with Gasteiger partial charge in [0.15, 0.2) is 5.78 Å². The molecular formula is C22H17ClN4OS. The normalized spacial score (nSPS) is 16.2. The van der Waals surface area contributed by atoms with Crippen molar-refractivity contribution < 1.29 is 4.79 Å². The number of benzene rings is 2. The summed E-state index contributed by atoms with van der Waals surface area (Å²) >= 11 is 7.47. The Labute approximate surface area is 177 Å². The first-order valence-electron chi connectivity index (χ1n) is 9.37. The highest BCUT2D eigenvalue weighted by atomic mass is 35.5. The Morgan fingerprint density at radius 2 is 1.83 bits per heavy atom. The molecule has 144 valence electrons. The molecule has 1 aliphatic carbocycles. The molecule has 1 aliphatic rings. The van der Waals surface area contributed by atoms with Crippen molar-refractivity contribution in [2.45, 2.75) is 29.7 Å². The molecule has 0 aliphatic heterocycles. The molecule has 5 rings (SSSR count). The summed E-state index contributed by atoms with van der Waals surface area (Å²) in [5, 5.41) is 5.85. The second kappa shape index (κ2) is 7.61. The van der Waals surface area contributed by atoms with Gasteiger partial charge in [-0.1, -0.05) is 65.8 Å². The van der Waals surface area contributed by atoms with Gasteiger partial charge in [0.2, 0.25) is 5.16 Å². The molecule has 0 amide bonds. The highest BCUT2D eigenvalue weighted by molar-refractivity contribution is 7.98. The molecule has 0 N–H and O–H groups in total. The summed E-state index contributed by atoms with van der Waals surface area (Å²) in [6, 6.07) is 17.9. The first-order valence-corrected chi connectivity index (χ1v) is 10.7. The number of halogens is 1. The van der Waals surface area contributed by atoms with Crippen LogP contribution in [-0.4, -0.2) is 25.4 Å². The largest absolute Gasteiger partial charge is 0.294 e. The van der Waals surface area contributed by atoms with Crippen LogP contribution in [0.3, 0.4) is 0 Å². The SMILES string of the molecule is O=C1CC(c2ccccc2)Cc2nc3nc(SCc4ccc(Cl)cc4)nn3cc21. The van der Waals surface area contributed by atoms with Crippen LogP contribution in [0.15, 0.2) is 66.0 Å². The van der Waals surface area contributed by atoms with E-state index < -0.39 is 0 Å². The number of Topliss-reactive ketones (excluding diaryl/α,β-unsaturated/α-hetero) is 1. The number of hydrogen-bond donors (Lipinski definition) is 0. The Morgan fingerprint density at radius 3 is 2.62 bits per heavy atom. The Kier molecular flexibility index (Phi) is 4.81. The summed E-state index contributed by atoms with van der Waals surface area (Å²) < 4.78 is 1.61. The van der Waals surface area contributed by atoms with E-state index >= 15 is 0 Å². The summed E-state index contributed by atoms with van der Waals surface area (Å²) in [5.74, 6) is 1.54. The van der Waals surface area contributed by atoms with Gasteiger partial charge in [0.1, 0.15) is 0 Å². The fraction of sp³-hybridized carbons (Fsp3) is 0.182. The highest BCUT2D eigenvalue weighted by Gasteiger charge is 2.28. The Morgan fingerprint density at radius 1 is 1.03 bits per heavy atom. The van der Waals surface area contributed by atoms with E-state index in [2.05, 4.69) is 27.2 Å². The monoisotopic (exact) mass is 420 g/mol. The van der Waals surface area contributed by atoms with Crippen molar-refractivity contribution in [3.63, 3.8) is 0 Å². The van der Waals surface area contributed by atoms with E-state index in [1.807, 2.05) is 42.5 Å². The molecule has 0 radical (unpaired) electrons. The number of thioether (sulfide) groups is 1. The zero-order valence-corrected chi connectivity index (χ0v) is 17.0. The van der Waals surface area contributed by atoms with Crippen molar-refractivity contribution in [3.8, 4) is 0 Å². The van der Waals surface area contributed by atoms with E-state index in [-0.39, 0.29) is 11.7 Å². The van der Waals surface area contributed by atoms with Crippen LogP contribution in [0.25, 0.3) is 5.78 Å². The average Bonchev–Trinajstić information content (AvgIpc) is 3.14. The molecule has 2 heterocycles. The number of aromatic nitrogens is 4. The summed E-state index contributed by atoms with van der Waals surface area (Å²) in [4.78, 5) is 21.9. The lowest BCUT2D eigenvalue weighted by Crippen LogP contribution is -2.21. The van der Waals surface area contributed by atoms with Gasteiger partial charge in [-0.15, -0.1) is 5.10 Å². The summed E-state index contributed by atoms with van der Waals surface area (Å²) in [6.07, 6.45) is 3.01. The van der Waals surface area contributed by atoms with Gasteiger partial charge in [0, 0.05) is 23.4 Å². The maximum atomic E-state index is 12.7. The minimum Gasteiger partial charge on any atom is -0.294 e. The van der Waals surface area contributed by atoms with E-state index in [9.17, 15) is 4.79 Å². The quantitative estimate of drug-likeness (QED) is 0.435. The average molecular weight is 421 g/mol. The van der Waals surface area contributed by atoms with Gasteiger partial charge in [-0.25, -0.2) is 9.50 Å². The number of ketones is 1. The van der Waals surface area contributed by atoms with Crippen molar-refractivity contribution in [2.75, 3.05) is 0 Å². The number of carbonyl (C=O) groups excluding carboxylic acids is 1. The third-order valence-electron chi connectivity index (χ3n) is 5.12. The minimum atomic E-state index is 0.111. The molecule has 4 aromatic rings. The molecule has 2 aromatic carbocycles. The molecule has 1 atom stereocenters. The van der Waals surface area contributed by atoms with Crippen LogP contribution in [0, 0.1) is 0 Å². The van der Waals surface area contributed by atoms with E-state index in [1.165, 1.54) is 17.3 Å². The Bertz CT molecular complexity index is 1190. The maximum Gasteiger partial charge on any atom is 0.253 e. The van der Waals surface area contributed by atoms with Gasteiger partial charge in [0.05, 0.1) is 11.3 Å².